The lowest BCUT2D eigenvalue weighted by Gasteiger charge is -2.27. The molecule has 14 heteroatoms. The van der Waals surface area contributed by atoms with Crippen LogP contribution >= 0.6 is 8.69 Å². The molecule has 2 fully saturated rings. The minimum Gasteiger partial charge on any atom is -0.401 e. The zero-order valence-corrected chi connectivity index (χ0v) is 18.9. The van der Waals surface area contributed by atoms with E-state index < -0.39 is 21.1 Å². The summed E-state index contributed by atoms with van der Waals surface area (Å²) in [7, 11) is -2.67. The van der Waals surface area contributed by atoms with Crippen LogP contribution < -0.4 is 9.68 Å². The predicted octanol–water partition coefficient (Wildman–Crippen LogP) is 3.59. The topological polar surface area (TPSA) is 127 Å². The number of H-pyrrole nitrogens is 2. The molecule has 4 aromatic rings. The van der Waals surface area contributed by atoms with E-state index in [-0.39, 0.29) is 0 Å². The Hall–Kier alpha value is -2.96. The Kier molecular flexibility index (Phi) is 5.93. The minimum absolute atomic E-state index is 0.531. The molecule has 178 valence electrons. The zero-order chi connectivity index (χ0) is 22.9. The second-order valence-electron chi connectivity index (χ2n) is 7.98. The molecule has 0 amide bonds. The Morgan fingerprint density at radius 2 is 1.26 bits per heavy atom. The predicted molar refractivity (Wildman–Crippen MR) is 119 cm³/mol. The molecule has 6 rings (SSSR count). The molecule has 0 radical (unpaired) electrons. The fourth-order valence-corrected chi connectivity index (χ4v) is 4.99. The van der Waals surface area contributed by atoms with E-state index in [0.29, 0.717) is 59.5 Å². The summed E-state index contributed by atoms with van der Waals surface area (Å²) in [6.07, 6.45) is 1.72. The van der Waals surface area contributed by atoms with Crippen LogP contribution in [-0.4, -0.2) is 66.5 Å². The quantitative estimate of drug-likeness (QED) is 0.355. The number of hydrogen-bond acceptors (Lipinski definition) is 10. The molecule has 2 aliphatic heterocycles. The second kappa shape index (κ2) is 9.35. The highest BCUT2D eigenvalue weighted by molar-refractivity contribution is 7.41. The lowest BCUT2D eigenvalue weighted by atomic mass is 10.3. The van der Waals surface area contributed by atoms with Crippen molar-refractivity contribution < 1.29 is 22.9 Å². The third-order valence-corrected chi connectivity index (χ3v) is 6.58. The van der Waals surface area contributed by atoms with E-state index in [0.717, 1.165) is 12.8 Å². The number of rotatable bonds is 8. The van der Waals surface area contributed by atoms with Gasteiger partial charge >= 0.3 is 8.69 Å². The lowest BCUT2D eigenvalue weighted by Crippen LogP contribution is -2.35. The fourth-order valence-electron chi connectivity index (χ4n) is 4.14. The Labute approximate surface area is 194 Å². The second-order valence-corrected chi connectivity index (χ2v) is 8.82. The van der Waals surface area contributed by atoms with Crippen LogP contribution in [0.4, 0.5) is 4.20 Å². The van der Waals surface area contributed by atoms with Crippen LogP contribution in [0.3, 0.4) is 0 Å². The van der Waals surface area contributed by atoms with Crippen molar-refractivity contribution in [1.82, 2.24) is 40.9 Å². The van der Waals surface area contributed by atoms with Gasteiger partial charge in [-0.15, -0.1) is 10.1 Å². The van der Waals surface area contributed by atoms with Gasteiger partial charge in [0.2, 0.25) is 0 Å². The molecule has 2 aliphatic rings. The molecular formula is C20H22FN8O4P. The summed E-state index contributed by atoms with van der Waals surface area (Å²) in [5.41, 5.74) is 2.58. The summed E-state index contributed by atoms with van der Waals surface area (Å²) < 4.78 is 26.2. The number of nitrogens with one attached hydrogen (secondary N) is 2. The van der Waals surface area contributed by atoms with Gasteiger partial charge in [0.25, 0.3) is 0 Å². The van der Waals surface area contributed by atoms with E-state index in [4.69, 9.17) is 18.7 Å². The SMILES string of the molecule is FP(OC1CCCN1Oc1cccc2n[nH]nc12)OC1CCCN1Oc1cccc2n[nH]nc12. The molecule has 2 atom stereocenters. The van der Waals surface area contributed by atoms with Crippen molar-refractivity contribution in [2.24, 2.45) is 0 Å². The number of benzene rings is 2. The summed E-state index contributed by atoms with van der Waals surface area (Å²) in [6.45, 7) is 1.20. The average Bonchev–Trinajstić information content (AvgIpc) is 3.63. The van der Waals surface area contributed by atoms with Crippen LogP contribution in [0, 0.1) is 0 Å². The van der Waals surface area contributed by atoms with Gasteiger partial charge in [0.15, 0.2) is 35.0 Å². The van der Waals surface area contributed by atoms with Crippen LogP contribution in [0.25, 0.3) is 22.1 Å². The molecule has 0 saturated carbocycles. The van der Waals surface area contributed by atoms with E-state index in [1.54, 1.807) is 22.3 Å². The molecule has 2 unspecified atom stereocenters. The first kappa shape index (κ1) is 21.6. The Bertz CT molecular complexity index is 1180. The molecule has 12 nitrogen and oxygen atoms in total. The Morgan fingerprint density at radius 3 is 1.76 bits per heavy atom. The highest BCUT2D eigenvalue weighted by Gasteiger charge is 2.36. The molecule has 0 bridgehead atoms. The van der Waals surface area contributed by atoms with E-state index in [2.05, 4.69) is 30.8 Å². The summed E-state index contributed by atoms with van der Waals surface area (Å²) in [6, 6.07) is 10.9. The summed E-state index contributed by atoms with van der Waals surface area (Å²) in [5, 5.41) is 24.8. The van der Waals surface area contributed by atoms with Crippen molar-refractivity contribution in [3.8, 4) is 11.5 Å². The standard InChI is InChI=1S/C20H22FN8O4P/c21-34(32-17-9-3-11-28(17)30-15-7-1-5-13-19(15)24-26-22-13)33-18-10-4-12-29(18)31-16-8-2-6-14-20(16)25-27-23-14/h1-2,5-8,17-18H,3-4,9-12H2,(H,22,24,26)(H,23,25,27). The maximum absolute atomic E-state index is 14.9. The van der Waals surface area contributed by atoms with Crippen molar-refractivity contribution in [3.63, 3.8) is 0 Å². The van der Waals surface area contributed by atoms with Crippen molar-refractivity contribution in [2.45, 2.75) is 38.1 Å². The zero-order valence-electron chi connectivity index (χ0n) is 18.0. The number of fused-ring (bicyclic) bond motifs is 2. The first-order valence-corrected chi connectivity index (χ1v) is 12.1. The average molecular weight is 488 g/mol. The van der Waals surface area contributed by atoms with Crippen molar-refractivity contribution in [1.29, 1.82) is 0 Å². The summed E-state index contributed by atoms with van der Waals surface area (Å²) >= 11 is 0. The van der Waals surface area contributed by atoms with Gasteiger partial charge in [0, 0.05) is 13.1 Å². The van der Waals surface area contributed by atoms with Crippen LogP contribution in [0.15, 0.2) is 36.4 Å². The molecule has 2 saturated heterocycles. The number of hydrogen-bond donors (Lipinski definition) is 2. The lowest BCUT2D eigenvalue weighted by molar-refractivity contribution is -0.153. The van der Waals surface area contributed by atoms with Gasteiger partial charge in [0.05, 0.1) is 0 Å². The van der Waals surface area contributed by atoms with E-state index >= 15 is 0 Å². The van der Waals surface area contributed by atoms with Crippen molar-refractivity contribution in [2.75, 3.05) is 13.1 Å². The van der Waals surface area contributed by atoms with Gasteiger partial charge in [0.1, 0.15) is 11.0 Å². The third-order valence-electron chi connectivity index (χ3n) is 5.76. The minimum atomic E-state index is -2.67. The van der Waals surface area contributed by atoms with Crippen LogP contribution in [0.1, 0.15) is 25.7 Å². The van der Waals surface area contributed by atoms with Crippen LogP contribution in [-0.2, 0) is 9.05 Å². The van der Waals surface area contributed by atoms with Gasteiger partial charge in [-0.2, -0.15) is 35.0 Å². The smallest absolute Gasteiger partial charge is 0.378 e. The monoisotopic (exact) mass is 488 g/mol. The first-order valence-electron chi connectivity index (χ1n) is 11.0. The number of para-hydroxylation sites is 2. The van der Waals surface area contributed by atoms with Gasteiger partial charge < -0.3 is 9.68 Å². The van der Waals surface area contributed by atoms with Gasteiger partial charge in [-0.05, 0) is 49.9 Å². The van der Waals surface area contributed by atoms with E-state index in [9.17, 15) is 4.20 Å². The molecule has 2 aromatic heterocycles. The molecule has 0 aliphatic carbocycles. The Morgan fingerprint density at radius 1 is 0.765 bits per heavy atom. The van der Waals surface area contributed by atoms with Crippen LogP contribution in [0.5, 0.6) is 11.5 Å². The maximum Gasteiger partial charge on any atom is 0.378 e. The molecule has 4 heterocycles. The van der Waals surface area contributed by atoms with Gasteiger partial charge in [-0.25, -0.2) is 0 Å². The highest BCUT2D eigenvalue weighted by Crippen LogP contribution is 2.47. The van der Waals surface area contributed by atoms with Crippen molar-refractivity contribution >= 4 is 30.8 Å². The van der Waals surface area contributed by atoms with Gasteiger partial charge in [-0.1, -0.05) is 12.1 Å². The third kappa shape index (κ3) is 4.28. The van der Waals surface area contributed by atoms with Crippen LogP contribution in [0.2, 0.25) is 0 Å². The number of halogens is 1. The largest absolute Gasteiger partial charge is 0.401 e. The highest BCUT2D eigenvalue weighted by atomic mass is 31.2. The fraction of sp³-hybridized carbons (Fsp3) is 0.400. The van der Waals surface area contributed by atoms with Crippen molar-refractivity contribution in [3.05, 3.63) is 36.4 Å². The van der Waals surface area contributed by atoms with E-state index in [1.165, 1.54) is 0 Å². The number of aromatic amines is 2. The number of aromatic nitrogens is 6. The molecule has 0 spiro atoms. The molecule has 34 heavy (non-hydrogen) atoms. The molecule has 2 N–H and O–H groups in total. The van der Waals surface area contributed by atoms with E-state index in [1.807, 2.05) is 24.3 Å². The summed E-state index contributed by atoms with van der Waals surface area (Å²) in [4.78, 5) is 12.0. The molecular weight excluding hydrogens is 466 g/mol. The van der Waals surface area contributed by atoms with Gasteiger partial charge in [-0.3, -0.25) is 9.05 Å². The number of hydroxylamine groups is 4. The summed E-state index contributed by atoms with van der Waals surface area (Å²) in [5.74, 6) is 1.06. The number of nitrogens with zero attached hydrogens (tertiary/aromatic N) is 6. The Balaban J connectivity index is 1.08. The maximum atomic E-state index is 14.9. The first-order chi connectivity index (χ1) is 16.7. The normalized spacial score (nSPS) is 22.6. The molecule has 2 aromatic carbocycles.